The van der Waals surface area contributed by atoms with Gasteiger partial charge in [-0.25, -0.2) is 9.97 Å². The number of aromatic nitrogens is 4. The van der Waals surface area contributed by atoms with E-state index in [4.69, 9.17) is 14.6 Å². The summed E-state index contributed by atoms with van der Waals surface area (Å²) >= 11 is 0. The Morgan fingerprint density at radius 1 is 1.12 bits per heavy atom. The zero-order chi connectivity index (χ0) is 23.5. The third kappa shape index (κ3) is 4.41. The molecule has 0 fully saturated rings. The Balaban J connectivity index is 1.95. The maximum Gasteiger partial charge on any atom is 0.303 e. The first-order valence-corrected chi connectivity index (χ1v) is 11.0. The van der Waals surface area contributed by atoms with Gasteiger partial charge >= 0.3 is 5.97 Å². The summed E-state index contributed by atoms with van der Waals surface area (Å²) < 4.78 is 7.02. The molecule has 0 unspecified atom stereocenters. The van der Waals surface area contributed by atoms with Crippen molar-refractivity contribution in [1.82, 2.24) is 19.7 Å². The summed E-state index contributed by atoms with van der Waals surface area (Å²) in [6, 6.07) is 13.3. The summed E-state index contributed by atoms with van der Waals surface area (Å²) in [7, 11) is 0. The number of carbonyl (C=O) groups is 1. The van der Waals surface area contributed by atoms with Crippen molar-refractivity contribution < 1.29 is 14.4 Å². The highest BCUT2D eigenvalue weighted by Gasteiger charge is 2.22. The fourth-order valence-corrected chi connectivity index (χ4v) is 4.22. The van der Waals surface area contributed by atoms with Crippen LogP contribution in [-0.4, -0.2) is 30.8 Å². The Bertz CT molecular complexity index is 1340. The monoisotopic (exact) mass is 446 g/mol. The Kier molecular flexibility index (Phi) is 6.35. The number of aliphatic carboxylic acids is 1. The van der Waals surface area contributed by atoms with Crippen molar-refractivity contribution in [3.8, 4) is 11.3 Å². The smallest absolute Gasteiger partial charge is 0.303 e. The summed E-state index contributed by atoms with van der Waals surface area (Å²) in [5.74, 6) is -0.237. The number of fused-ring (bicyclic) bond motifs is 1. The third-order valence-electron chi connectivity index (χ3n) is 5.78. The molecule has 0 aliphatic carbocycles. The van der Waals surface area contributed by atoms with E-state index in [1.54, 1.807) is 4.57 Å². The fraction of sp³-hybridized carbons (Fsp3) is 0.320. The summed E-state index contributed by atoms with van der Waals surface area (Å²) in [6.45, 7) is 5.71. The van der Waals surface area contributed by atoms with Crippen molar-refractivity contribution in [2.24, 2.45) is 0 Å². The Hall–Kier alpha value is -3.81. The predicted octanol–water partition coefficient (Wildman–Crippen LogP) is 4.47. The van der Waals surface area contributed by atoms with Gasteiger partial charge in [-0.05, 0) is 50.8 Å². The number of hydrogen-bond donors (Lipinski definition) is 1. The molecule has 0 aliphatic rings. The van der Waals surface area contributed by atoms with E-state index in [1.165, 1.54) is 0 Å². The molecule has 33 heavy (non-hydrogen) atoms. The molecule has 0 amide bonds. The van der Waals surface area contributed by atoms with E-state index in [1.807, 2.05) is 63.2 Å². The van der Waals surface area contributed by atoms with Gasteiger partial charge in [-0.1, -0.05) is 42.4 Å². The second-order valence-corrected chi connectivity index (χ2v) is 8.05. The molecule has 0 bridgehead atoms. The van der Waals surface area contributed by atoms with Gasteiger partial charge in [-0.3, -0.25) is 14.2 Å². The van der Waals surface area contributed by atoms with Gasteiger partial charge in [0.2, 0.25) is 0 Å². The lowest BCUT2D eigenvalue weighted by molar-refractivity contribution is -0.137. The molecule has 1 atom stereocenters. The standard InChI is InChI=1S/C25H26N4O4/c1-4-21(17-9-6-5-7-10-17)29-24-19(26-20(25(29)32)11-8-12-22(30)31)14-13-18(27-24)23-15(2)28-33-16(23)3/h5-7,9-10,13-14,21H,4,8,11-12H2,1-3H3,(H,30,31)/t21-/m0/s1. The molecule has 0 aliphatic heterocycles. The van der Waals surface area contributed by atoms with Gasteiger partial charge in [-0.15, -0.1) is 0 Å². The zero-order valence-corrected chi connectivity index (χ0v) is 18.9. The van der Waals surface area contributed by atoms with E-state index in [2.05, 4.69) is 10.1 Å². The van der Waals surface area contributed by atoms with Crippen molar-refractivity contribution >= 4 is 17.1 Å². The summed E-state index contributed by atoms with van der Waals surface area (Å²) in [6.07, 6.45) is 1.29. The van der Waals surface area contributed by atoms with Crippen LogP contribution in [0, 0.1) is 13.8 Å². The molecule has 170 valence electrons. The highest BCUT2D eigenvalue weighted by molar-refractivity contribution is 5.76. The van der Waals surface area contributed by atoms with Gasteiger partial charge in [0, 0.05) is 6.42 Å². The first-order chi connectivity index (χ1) is 15.9. The molecule has 0 radical (unpaired) electrons. The van der Waals surface area contributed by atoms with E-state index in [0.717, 1.165) is 16.8 Å². The van der Waals surface area contributed by atoms with Crippen LogP contribution in [0.5, 0.6) is 0 Å². The van der Waals surface area contributed by atoms with Crippen molar-refractivity contribution in [2.45, 2.75) is 52.5 Å². The highest BCUT2D eigenvalue weighted by Crippen LogP contribution is 2.29. The number of pyridine rings is 1. The first kappa shape index (κ1) is 22.4. The highest BCUT2D eigenvalue weighted by atomic mass is 16.5. The molecule has 0 saturated carbocycles. The number of rotatable bonds is 8. The number of aryl methyl sites for hydroxylation is 3. The second kappa shape index (κ2) is 9.36. The molecule has 1 aromatic carbocycles. The number of hydrogen-bond acceptors (Lipinski definition) is 6. The lowest BCUT2D eigenvalue weighted by atomic mass is 10.0. The average Bonchev–Trinajstić information content (AvgIpc) is 3.14. The second-order valence-electron chi connectivity index (χ2n) is 8.05. The Morgan fingerprint density at radius 3 is 2.52 bits per heavy atom. The molecule has 8 nitrogen and oxygen atoms in total. The molecule has 8 heteroatoms. The van der Waals surface area contributed by atoms with Crippen molar-refractivity contribution in [3.05, 3.63) is 75.5 Å². The molecular weight excluding hydrogens is 420 g/mol. The first-order valence-electron chi connectivity index (χ1n) is 11.0. The van der Waals surface area contributed by atoms with Gasteiger partial charge in [-0.2, -0.15) is 0 Å². The SMILES string of the molecule is CC[C@@H](c1ccccc1)n1c(=O)c(CCCC(=O)O)nc2ccc(-c3c(C)noc3C)nc21. The van der Waals surface area contributed by atoms with Crippen LogP contribution in [0.3, 0.4) is 0 Å². The van der Waals surface area contributed by atoms with Crippen LogP contribution >= 0.6 is 0 Å². The van der Waals surface area contributed by atoms with Gasteiger partial charge in [0.1, 0.15) is 17.0 Å². The van der Waals surface area contributed by atoms with Crippen molar-refractivity contribution in [1.29, 1.82) is 0 Å². The molecule has 4 rings (SSSR count). The van der Waals surface area contributed by atoms with E-state index >= 15 is 0 Å². The largest absolute Gasteiger partial charge is 0.481 e. The van der Waals surface area contributed by atoms with Crippen LogP contribution in [0.4, 0.5) is 0 Å². The third-order valence-corrected chi connectivity index (χ3v) is 5.78. The fourth-order valence-electron chi connectivity index (χ4n) is 4.22. The minimum absolute atomic E-state index is 0.0156. The number of nitrogens with zero attached hydrogens (tertiary/aromatic N) is 4. The van der Waals surface area contributed by atoms with Crippen LogP contribution in [0.15, 0.2) is 51.8 Å². The number of carboxylic acid groups (broad SMARTS) is 1. The van der Waals surface area contributed by atoms with Crippen LogP contribution in [0.1, 0.15) is 54.9 Å². The molecule has 1 N–H and O–H groups in total. The van der Waals surface area contributed by atoms with E-state index in [-0.39, 0.29) is 24.4 Å². The van der Waals surface area contributed by atoms with Crippen LogP contribution in [-0.2, 0) is 11.2 Å². The summed E-state index contributed by atoms with van der Waals surface area (Å²) in [4.78, 5) is 34.1. The molecule has 0 spiro atoms. The van der Waals surface area contributed by atoms with Crippen LogP contribution in [0.2, 0.25) is 0 Å². The average molecular weight is 447 g/mol. The van der Waals surface area contributed by atoms with Gasteiger partial charge in [0.25, 0.3) is 5.56 Å². The normalized spacial score (nSPS) is 12.2. The van der Waals surface area contributed by atoms with E-state index < -0.39 is 5.97 Å². The Labute approximate surface area is 190 Å². The number of benzene rings is 1. The van der Waals surface area contributed by atoms with Gasteiger partial charge in [0.05, 0.1) is 23.0 Å². The van der Waals surface area contributed by atoms with E-state index in [9.17, 15) is 9.59 Å². The topological polar surface area (TPSA) is 111 Å². The predicted molar refractivity (Wildman–Crippen MR) is 124 cm³/mol. The van der Waals surface area contributed by atoms with Crippen LogP contribution in [0.25, 0.3) is 22.4 Å². The molecule has 4 aromatic rings. The summed E-state index contributed by atoms with van der Waals surface area (Å²) in [5.41, 5.74) is 4.36. The number of carboxylic acids is 1. The molecular formula is C25H26N4O4. The minimum atomic E-state index is -0.891. The van der Waals surface area contributed by atoms with Crippen molar-refractivity contribution in [3.63, 3.8) is 0 Å². The Morgan fingerprint density at radius 2 is 1.88 bits per heavy atom. The maximum atomic E-state index is 13.6. The lowest BCUT2D eigenvalue weighted by Gasteiger charge is -2.21. The van der Waals surface area contributed by atoms with Gasteiger partial charge < -0.3 is 9.63 Å². The minimum Gasteiger partial charge on any atom is -0.481 e. The summed E-state index contributed by atoms with van der Waals surface area (Å²) in [5, 5.41) is 13.0. The van der Waals surface area contributed by atoms with Crippen LogP contribution < -0.4 is 5.56 Å². The lowest BCUT2D eigenvalue weighted by Crippen LogP contribution is -2.30. The molecule has 3 heterocycles. The van der Waals surface area contributed by atoms with Crippen molar-refractivity contribution in [2.75, 3.05) is 0 Å². The van der Waals surface area contributed by atoms with E-state index in [0.29, 0.717) is 41.2 Å². The molecule has 0 saturated heterocycles. The quantitative estimate of drug-likeness (QED) is 0.425. The zero-order valence-electron chi connectivity index (χ0n) is 18.9. The van der Waals surface area contributed by atoms with Gasteiger partial charge in [0.15, 0.2) is 5.65 Å². The molecule has 3 aromatic heterocycles. The maximum absolute atomic E-state index is 13.6.